The Kier molecular flexibility index (Phi) is 5.26. The van der Waals surface area contributed by atoms with Crippen molar-refractivity contribution in [2.45, 2.75) is 0 Å². The number of hydrogen-bond donors (Lipinski definition) is 1. The molecular weight excluding hydrogens is 397 g/mol. The van der Waals surface area contributed by atoms with E-state index in [2.05, 4.69) is 15.2 Å². The summed E-state index contributed by atoms with van der Waals surface area (Å²) in [7, 11) is 0. The fraction of sp³-hybridized carbons (Fsp3) is 0.200. The van der Waals surface area contributed by atoms with Crippen molar-refractivity contribution in [2.24, 2.45) is 0 Å². The van der Waals surface area contributed by atoms with Crippen molar-refractivity contribution >= 4 is 23.4 Å². The summed E-state index contributed by atoms with van der Waals surface area (Å²) < 4.78 is 13.3. The van der Waals surface area contributed by atoms with Gasteiger partial charge in [-0.15, -0.1) is 0 Å². The highest BCUT2D eigenvalue weighted by Crippen LogP contribution is 2.19. The number of H-pyrrole nitrogens is 1. The minimum atomic E-state index is -0.566. The molecule has 0 aliphatic carbocycles. The number of pyridine rings is 1. The fourth-order valence-electron chi connectivity index (χ4n) is 3.17. The van der Waals surface area contributed by atoms with Gasteiger partial charge >= 0.3 is 0 Å². The molecule has 1 fully saturated rings. The van der Waals surface area contributed by atoms with Crippen LogP contribution >= 0.6 is 11.6 Å². The Morgan fingerprint density at radius 2 is 1.69 bits per heavy atom. The van der Waals surface area contributed by atoms with Gasteiger partial charge in [0.15, 0.2) is 0 Å². The molecule has 1 saturated heterocycles. The lowest BCUT2D eigenvalue weighted by atomic mass is 10.1. The van der Waals surface area contributed by atoms with Crippen molar-refractivity contribution in [1.29, 1.82) is 0 Å². The Bertz CT molecular complexity index is 1050. The van der Waals surface area contributed by atoms with E-state index in [1.807, 2.05) is 18.2 Å². The highest BCUT2D eigenvalue weighted by Gasteiger charge is 2.27. The van der Waals surface area contributed by atoms with Gasteiger partial charge in [-0.2, -0.15) is 5.10 Å². The van der Waals surface area contributed by atoms with Crippen molar-refractivity contribution in [3.63, 3.8) is 0 Å². The molecule has 3 heterocycles. The van der Waals surface area contributed by atoms with E-state index >= 15 is 0 Å². The van der Waals surface area contributed by atoms with Gasteiger partial charge < -0.3 is 9.80 Å². The number of benzene rings is 1. The molecule has 0 unspecified atom stereocenters. The van der Waals surface area contributed by atoms with E-state index in [0.717, 1.165) is 0 Å². The molecule has 1 aliphatic rings. The maximum absolute atomic E-state index is 13.3. The lowest BCUT2D eigenvalue weighted by molar-refractivity contribution is 0.0532. The largest absolute Gasteiger partial charge is 0.335 e. The minimum absolute atomic E-state index is 0.0902. The van der Waals surface area contributed by atoms with Crippen LogP contribution < -0.4 is 0 Å². The molecule has 0 radical (unpaired) electrons. The summed E-state index contributed by atoms with van der Waals surface area (Å²) >= 11 is 5.76. The van der Waals surface area contributed by atoms with Crippen LogP contribution in [0.4, 0.5) is 4.39 Å². The van der Waals surface area contributed by atoms with Gasteiger partial charge in [-0.05, 0) is 36.4 Å². The van der Waals surface area contributed by atoms with E-state index in [-0.39, 0.29) is 16.8 Å². The number of aromatic amines is 1. The molecule has 0 spiro atoms. The molecule has 4 rings (SSSR count). The van der Waals surface area contributed by atoms with Crippen molar-refractivity contribution < 1.29 is 14.0 Å². The van der Waals surface area contributed by atoms with E-state index in [1.54, 1.807) is 22.1 Å². The summed E-state index contributed by atoms with van der Waals surface area (Å²) in [5.41, 5.74) is 1.97. The molecule has 1 aliphatic heterocycles. The summed E-state index contributed by atoms with van der Waals surface area (Å²) in [6.45, 7) is 1.52. The molecule has 7 nitrogen and oxygen atoms in total. The highest BCUT2D eigenvalue weighted by atomic mass is 35.5. The summed E-state index contributed by atoms with van der Waals surface area (Å²) in [6, 6.07) is 11.0. The summed E-state index contributed by atoms with van der Waals surface area (Å²) in [5.74, 6) is -0.988. The summed E-state index contributed by atoms with van der Waals surface area (Å²) in [5, 5.41) is 6.83. The number of carbonyl (C=O) groups excluding carboxylic acids is 2. The lowest BCUT2D eigenvalue weighted by Crippen LogP contribution is -2.50. The Balaban J connectivity index is 1.39. The molecule has 1 N–H and O–H groups in total. The SMILES string of the molecule is O=C(c1ccc(F)c(Cl)c1)N1CCN(C(=O)c2cc(-c3ccccn3)n[nH]2)CC1. The second-order valence-corrected chi connectivity index (χ2v) is 7.00. The molecule has 9 heteroatoms. The van der Waals surface area contributed by atoms with Crippen LogP contribution in [0, 0.1) is 5.82 Å². The molecule has 0 bridgehead atoms. The van der Waals surface area contributed by atoms with Crippen molar-refractivity contribution in [3.05, 3.63) is 70.8 Å². The first-order valence-electron chi connectivity index (χ1n) is 9.03. The molecule has 3 aromatic rings. The maximum Gasteiger partial charge on any atom is 0.272 e. The zero-order chi connectivity index (χ0) is 20.4. The van der Waals surface area contributed by atoms with Crippen LogP contribution in [0.1, 0.15) is 20.8 Å². The zero-order valence-electron chi connectivity index (χ0n) is 15.3. The van der Waals surface area contributed by atoms with Gasteiger partial charge in [0, 0.05) is 37.9 Å². The normalized spacial score (nSPS) is 14.1. The summed E-state index contributed by atoms with van der Waals surface area (Å²) in [4.78, 5) is 32.8. The van der Waals surface area contributed by atoms with E-state index in [4.69, 9.17) is 11.6 Å². The first kappa shape index (κ1) is 19.1. The molecule has 2 amide bonds. The molecule has 29 heavy (non-hydrogen) atoms. The predicted molar refractivity (Wildman–Crippen MR) is 105 cm³/mol. The average molecular weight is 414 g/mol. The number of halogens is 2. The third kappa shape index (κ3) is 3.97. The number of hydrogen-bond acceptors (Lipinski definition) is 4. The number of rotatable bonds is 3. The first-order chi connectivity index (χ1) is 14.0. The second-order valence-electron chi connectivity index (χ2n) is 6.60. The van der Waals surface area contributed by atoms with Gasteiger partial charge in [-0.3, -0.25) is 19.7 Å². The zero-order valence-corrected chi connectivity index (χ0v) is 16.1. The fourth-order valence-corrected chi connectivity index (χ4v) is 3.35. The van der Waals surface area contributed by atoms with Crippen LogP contribution in [-0.4, -0.2) is 63.0 Å². The number of nitrogens with zero attached hydrogens (tertiary/aromatic N) is 4. The number of carbonyl (C=O) groups is 2. The molecule has 2 aromatic heterocycles. The lowest BCUT2D eigenvalue weighted by Gasteiger charge is -2.34. The van der Waals surface area contributed by atoms with Gasteiger partial charge in [0.1, 0.15) is 17.2 Å². The average Bonchev–Trinajstić information content (AvgIpc) is 3.26. The van der Waals surface area contributed by atoms with E-state index in [0.29, 0.717) is 48.8 Å². The van der Waals surface area contributed by atoms with Crippen LogP contribution in [0.5, 0.6) is 0 Å². The van der Waals surface area contributed by atoms with Crippen LogP contribution in [-0.2, 0) is 0 Å². The van der Waals surface area contributed by atoms with Gasteiger partial charge in [0.2, 0.25) is 0 Å². The Hall–Kier alpha value is -3.26. The Morgan fingerprint density at radius 3 is 2.34 bits per heavy atom. The van der Waals surface area contributed by atoms with Gasteiger partial charge in [-0.1, -0.05) is 17.7 Å². The van der Waals surface area contributed by atoms with Crippen LogP contribution in [0.15, 0.2) is 48.7 Å². The molecule has 1 aromatic carbocycles. The second kappa shape index (κ2) is 8.00. The maximum atomic E-state index is 13.3. The smallest absolute Gasteiger partial charge is 0.272 e. The third-order valence-corrected chi connectivity index (χ3v) is 5.05. The quantitative estimate of drug-likeness (QED) is 0.715. The van der Waals surface area contributed by atoms with Crippen molar-refractivity contribution in [1.82, 2.24) is 25.0 Å². The monoisotopic (exact) mass is 413 g/mol. The predicted octanol–water partition coefficient (Wildman–Crippen LogP) is 2.86. The van der Waals surface area contributed by atoms with Crippen LogP contribution in [0.25, 0.3) is 11.4 Å². The van der Waals surface area contributed by atoms with Gasteiger partial charge in [0.05, 0.1) is 10.7 Å². The molecular formula is C20H17ClFN5O2. The molecule has 0 saturated carbocycles. The number of amides is 2. The number of nitrogens with one attached hydrogen (secondary N) is 1. The molecule has 148 valence electrons. The van der Waals surface area contributed by atoms with E-state index in [1.165, 1.54) is 18.2 Å². The molecule has 0 atom stereocenters. The standard InChI is InChI=1S/C20H17ClFN5O2/c21-14-11-13(4-5-15(14)22)19(28)26-7-9-27(10-8-26)20(29)18-12-17(24-25-18)16-3-1-2-6-23-16/h1-6,11-12H,7-10H2,(H,24,25). The third-order valence-electron chi connectivity index (χ3n) is 4.76. The van der Waals surface area contributed by atoms with Crippen molar-refractivity contribution in [3.8, 4) is 11.4 Å². The highest BCUT2D eigenvalue weighted by molar-refractivity contribution is 6.31. The minimum Gasteiger partial charge on any atom is -0.335 e. The first-order valence-corrected chi connectivity index (χ1v) is 9.41. The topological polar surface area (TPSA) is 82.2 Å². The van der Waals surface area contributed by atoms with Gasteiger partial charge in [-0.25, -0.2) is 4.39 Å². The van der Waals surface area contributed by atoms with Gasteiger partial charge in [0.25, 0.3) is 11.8 Å². The number of piperazine rings is 1. The Morgan fingerprint density at radius 1 is 0.966 bits per heavy atom. The summed E-state index contributed by atoms with van der Waals surface area (Å²) in [6.07, 6.45) is 1.66. The van der Waals surface area contributed by atoms with Crippen LogP contribution in [0.3, 0.4) is 0 Å². The van der Waals surface area contributed by atoms with Crippen molar-refractivity contribution in [2.75, 3.05) is 26.2 Å². The number of aromatic nitrogens is 3. The van der Waals surface area contributed by atoms with E-state index < -0.39 is 5.82 Å². The Labute approximate surface area is 171 Å². The van der Waals surface area contributed by atoms with E-state index in [9.17, 15) is 14.0 Å². The van der Waals surface area contributed by atoms with Crippen LogP contribution in [0.2, 0.25) is 5.02 Å².